The van der Waals surface area contributed by atoms with E-state index in [1.165, 1.54) is 11.8 Å². The molecule has 1 amide bonds. The molecule has 1 fully saturated rings. The van der Waals surface area contributed by atoms with Crippen LogP contribution in [0.4, 0.5) is 5.69 Å². The van der Waals surface area contributed by atoms with Crippen LogP contribution in [0.1, 0.15) is 6.42 Å². The second kappa shape index (κ2) is 6.73. The molecule has 0 bridgehead atoms. The fourth-order valence-corrected chi connectivity index (χ4v) is 3.26. The largest absolute Gasteiger partial charge is 0.381 e. The van der Waals surface area contributed by atoms with Gasteiger partial charge in [-0.2, -0.15) is 0 Å². The standard InChI is InChI=1S/C15H16ClN3O2S/c1-19-6-5-17-15(19)22-13-3-2-11(16)8-12(13)18-14(20)10-4-7-21-9-10/h2-3,5-6,8,10H,4,7,9H2,1H3,(H,18,20)/t10-/m0/s1. The molecule has 1 N–H and O–H groups in total. The van der Waals surface area contributed by atoms with Gasteiger partial charge in [0.05, 0.1) is 18.2 Å². The quantitative estimate of drug-likeness (QED) is 0.930. The summed E-state index contributed by atoms with van der Waals surface area (Å²) in [7, 11) is 1.93. The number of imidazole rings is 1. The van der Waals surface area contributed by atoms with Crippen LogP contribution in [-0.4, -0.2) is 28.7 Å². The molecule has 0 unspecified atom stereocenters. The fraction of sp³-hybridized carbons (Fsp3) is 0.333. The van der Waals surface area contributed by atoms with Crippen molar-refractivity contribution in [1.82, 2.24) is 9.55 Å². The molecule has 1 aliphatic rings. The average Bonchev–Trinajstić information content (AvgIpc) is 3.14. The van der Waals surface area contributed by atoms with Gasteiger partial charge in [-0.1, -0.05) is 11.6 Å². The molecule has 1 atom stereocenters. The maximum Gasteiger partial charge on any atom is 0.229 e. The van der Waals surface area contributed by atoms with Crippen LogP contribution in [-0.2, 0) is 16.6 Å². The van der Waals surface area contributed by atoms with Crippen LogP contribution in [0.5, 0.6) is 0 Å². The lowest BCUT2D eigenvalue weighted by molar-refractivity contribution is -0.119. The van der Waals surface area contributed by atoms with Crippen molar-refractivity contribution < 1.29 is 9.53 Å². The zero-order valence-corrected chi connectivity index (χ0v) is 13.7. The maximum atomic E-state index is 12.3. The first-order chi connectivity index (χ1) is 10.6. The van der Waals surface area contributed by atoms with E-state index < -0.39 is 0 Å². The van der Waals surface area contributed by atoms with Gasteiger partial charge < -0.3 is 14.6 Å². The molecule has 3 rings (SSSR count). The number of hydrogen-bond donors (Lipinski definition) is 1. The third-order valence-corrected chi connectivity index (χ3v) is 4.87. The number of aromatic nitrogens is 2. The number of aryl methyl sites for hydroxylation is 1. The van der Waals surface area contributed by atoms with Gasteiger partial charge in [-0.05, 0) is 36.4 Å². The third kappa shape index (κ3) is 3.45. The number of rotatable bonds is 4. The van der Waals surface area contributed by atoms with Gasteiger partial charge in [-0.3, -0.25) is 4.79 Å². The number of hydrogen-bond acceptors (Lipinski definition) is 4. The van der Waals surface area contributed by atoms with Crippen LogP contribution < -0.4 is 5.32 Å². The number of carbonyl (C=O) groups is 1. The van der Waals surface area contributed by atoms with Crippen molar-refractivity contribution in [2.75, 3.05) is 18.5 Å². The number of carbonyl (C=O) groups excluding carboxylic acids is 1. The summed E-state index contributed by atoms with van der Waals surface area (Å²) in [5.74, 6) is -0.119. The number of nitrogens with zero attached hydrogens (tertiary/aromatic N) is 2. The van der Waals surface area contributed by atoms with Gasteiger partial charge in [-0.15, -0.1) is 0 Å². The highest BCUT2D eigenvalue weighted by Gasteiger charge is 2.24. The van der Waals surface area contributed by atoms with E-state index in [1.807, 2.05) is 23.9 Å². The van der Waals surface area contributed by atoms with Crippen LogP contribution in [0.15, 0.2) is 40.6 Å². The predicted octanol–water partition coefficient (Wildman–Crippen LogP) is 3.20. The molecule has 0 saturated carbocycles. The van der Waals surface area contributed by atoms with Gasteiger partial charge in [0.15, 0.2) is 5.16 Å². The van der Waals surface area contributed by atoms with E-state index in [1.54, 1.807) is 18.3 Å². The molecule has 0 radical (unpaired) electrons. The minimum absolute atomic E-state index is 0.0264. The Balaban J connectivity index is 1.81. The molecular formula is C15H16ClN3O2S. The Morgan fingerprint density at radius 1 is 1.55 bits per heavy atom. The Labute approximate surface area is 138 Å². The first-order valence-corrected chi connectivity index (χ1v) is 8.16. The van der Waals surface area contributed by atoms with Crippen molar-refractivity contribution in [3.05, 3.63) is 35.6 Å². The SMILES string of the molecule is Cn1ccnc1Sc1ccc(Cl)cc1NC(=O)[C@H]1CCOC1. The van der Waals surface area contributed by atoms with Crippen LogP contribution in [0.3, 0.4) is 0 Å². The molecule has 2 heterocycles. The summed E-state index contributed by atoms with van der Waals surface area (Å²) in [6.45, 7) is 1.12. The van der Waals surface area contributed by atoms with Crippen molar-refractivity contribution in [2.45, 2.75) is 16.5 Å². The van der Waals surface area contributed by atoms with Crippen molar-refractivity contribution in [2.24, 2.45) is 13.0 Å². The van der Waals surface area contributed by atoms with Crippen molar-refractivity contribution in [3.63, 3.8) is 0 Å². The molecule has 7 heteroatoms. The van der Waals surface area contributed by atoms with E-state index in [0.29, 0.717) is 23.9 Å². The number of benzene rings is 1. The van der Waals surface area contributed by atoms with Crippen LogP contribution in [0, 0.1) is 5.92 Å². The normalized spacial score (nSPS) is 17.6. The van der Waals surface area contributed by atoms with E-state index in [9.17, 15) is 4.79 Å². The van der Waals surface area contributed by atoms with E-state index in [2.05, 4.69) is 10.3 Å². The number of anilines is 1. The average molecular weight is 338 g/mol. The van der Waals surface area contributed by atoms with Gasteiger partial charge in [0.1, 0.15) is 0 Å². The zero-order valence-electron chi connectivity index (χ0n) is 12.1. The Hall–Kier alpha value is -1.50. The van der Waals surface area contributed by atoms with Gasteiger partial charge in [-0.25, -0.2) is 4.98 Å². The molecule has 1 aromatic heterocycles. The third-order valence-electron chi connectivity index (χ3n) is 3.48. The Morgan fingerprint density at radius 3 is 3.09 bits per heavy atom. The van der Waals surface area contributed by atoms with Crippen molar-refractivity contribution in [1.29, 1.82) is 0 Å². The van der Waals surface area contributed by atoms with E-state index in [4.69, 9.17) is 16.3 Å². The van der Waals surface area contributed by atoms with Gasteiger partial charge in [0.25, 0.3) is 0 Å². The Kier molecular flexibility index (Phi) is 4.71. The lowest BCUT2D eigenvalue weighted by atomic mass is 10.1. The fourth-order valence-electron chi connectivity index (χ4n) is 2.21. The summed E-state index contributed by atoms with van der Waals surface area (Å²) < 4.78 is 7.19. The Bertz CT molecular complexity index is 683. The summed E-state index contributed by atoms with van der Waals surface area (Å²) >= 11 is 7.55. The topological polar surface area (TPSA) is 56.2 Å². The van der Waals surface area contributed by atoms with Gasteiger partial charge in [0, 0.05) is 36.0 Å². The minimum atomic E-state index is -0.0926. The molecular weight excluding hydrogens is 322 g/mol. The van der Waals surface area contributed by atoms with Crippen LogP contribution in [0.2, 0.25) is 5.02 Å². The predicted molar refractivity (Wildman–Crippen MR) is 86.3 cm³/mol. The molecule has 116 valence electrons. The van der Waals surface area contributed by atoms with E-state index in [-0.39, 0.29) is 11.8 Å². The summed E-state index contributed by atoms with van der Waals surface area (Å²) in [4.78, 5) is 17.5. The van der Waals surface area contributed by atoms with E-state index in [0.717, 1.165) is 16.5 Å². The molecule has 1 saturated heterocycles. The second-order valence-corrected chi connectivity index (χ2v) is 6.56. The molecule has 1 aromatic carbocycles. The van der Waals surface area contributed by atoms with E-state index >= 15 is 0 Å². The lowest BCUT2D eigenvalue weighted by Crippen LogP contribution is -2.23. The molecule has 22 heavy (non-hydrogen) atoms. The smallest absolute Gasteiger partial charge is 0.229 e. The summed E-state index contributed by atoms with van der Waals surface area (Å²) in [6, 6.07) is 5.46. The van der Waals surface area contributed by atoms with Crippen LogP contribution in [0.25, 0.3) is 0 Å². The monoisotopic (exact) mass is 337 g/mol. The number of halogens is 1. The highest BCUT2D eigenvalue weighted by molar-refractivity contribution is 7.99. The highest BCUT2D eigenvalue weighted by Crippen LogP contribution is 2.34. The number of amides is 1. The molecule has 0 spiro atoms. The van der Waals surface area contributed by atoms with Crippen molar-refractivity contribution in [3.8, 4) is 0 Å². The molecule has 1 aliphatic heterocycles. The number of nitrogens with one attached hydrogen (secondary N) is 1. The lowest BCUT2D eigenvalue weighted by Gasteiger charge is -2.13. The summed E-state index contributed by atoms with van der Waals surface area (Å²) in [5.41, 5.74) is 0.706. The number of ether oxygens (including phenoxy) is 1. The van der Waals surface area contributed by atoms with Crippen LogP contribution >= 0.6 is 23.4 Å². The highest BCUT2D eigenvalue weighted by atomic mass is 35.5. The first kappa shape index (κ1) is 15.4. The minimum Gasteiger partial charge on any atom is -0.381 e. The van der Waals surface area contributed by atoms with Gasteiger partial charge >= 0.3 is 0 Å². The molecule has 5 nitrogen and oxygen atoms in total. The maximum absolute atomic E-state index is 12.3. The summed E-state index contributed by atoms with van der Waals surface area (Å²) in [6.07, 6.45) is 4.38. The second-order valence-electron chi connectivity index (χ2n) is 5.11. The molecule has 0 aliphatic carbocycles. The summed E-state index contributed by atoms with van der Waals surface area (Å²) in [5, 5.41) is 4.40. The molecule has 2 aromatic rings. The van der Waals surface area contributed by atoms with Crippen molar-refractivity contribution >= 4 is 35.0 Å². The first-order valence-electron chi connectivity index (χ1n) is 6.97. The Morgan fingerprint density at radius 2 is 2.41 bits per heavy atom. The zero-order chi connectivity index (χ0) is 15.5. The van der Waals surface area contributed by atoms with Gasteiger partial charge in [0.2, 0.25) is 5.91 Å².